The van der Waals surface area contributed by atoms with Crippen LogP contribution in [0.5, 0.6) is 5.75 Å². The summed E-state index contributed by atoms with van der Waals surface area (Å²) in [4.78, 5) is 26.3. The van der Waals surface area contributed by atoms with Crippen LogP contribution in [0.1, 0.15) is 40.5 Å². The highest BCUT2D eigenvalue weighted by Gasteiger charge is 2.39. The highest BCUT2D eigenvalue weighted by molar-refractivity contribution is 5.95. The minimum absolute atomic E-state index is 0.132. The summed E-state index contributed by atoms with van der Waals surface area (Å²) >= 11 is 0. The van der Waals surface area contributed by atoms with Gasteiger partial charge in [-0.15, -0.1) is 0 Å². The third-order valence-corrected chi connectivity index (χ3v) is 5.33. The van der Waals surface area contributed by atoms with E-state index >= 15 is 0 Å². The zero-order valence-corrected chi connectivity index (χ0v) is 15.8. The zero-order valence-electron chi connectivity index (χ0n) is 15.8. The van der Waals surface area contributed by atoms with Crippen LogP contribution in [0.25, 0.3) is 0 Å². The minimum Gasteiger partial charge on any atom is -0.502 e. The van der Waals surface area contributed by atoms with Gasteiger partial charge in [0.1, 0.15) is 5.82 Å². The number of benzene rings is 2. The third kappa shape index (κ3) is 3.29. The maximum atomic E-state index is 14.1. The molecule has 29 heavy (non-hydrogen) atoms. The Hall–Kier alpha value is -3.48. The summed E-state index contributed by atoms with van der Waals surface area (Å²) in [6.07, 6.45) is 1.01. The molecular weight excluding hydrogens is 373 g/mol. The van der Waals surface area contributed by atoms with Crippen LogP contribution in [0.3, 0.4) is 0 Å². The van der Waals surface area contributed by atoms with Crippen molar-refractivity contribution >= 4 is 5.91 Å². The molecular formula is C22H20FN3O3. The molecule has 4 rings (SSSR count). The molecule has 0 aliphatic carbocycles. The van der Waals surface area contributed by atoms with Crippen LogP contribution in [0.4, 0.5) is 4.39 Å². The van der Waals surface area contributed by atoms with Gasteiger partial charge in [-0.25, -0.2) is 4.39 Å². The zero-order chi connectivity index (χ0) is 20.5. The first-order valence-corrected chi connectivity index (χ1v) is 9.41. The van der Waals surface area contributed by atoms with E-state index in [2.05, 4.69) is 5.10 Å². The second-order valence-electron chi connectivity index (χ2n) is 7.01. The molecule has 7 heteroatoms. The molecule has 1 aromatic heterocycles. The Morgan fingerprint density at radius 1 is 1.14 bits per heavy atom. The average molecular weight is 393 g/mol. The lowest BCUT2D eigenvalue weighted by molar-refractivity contribution is 0.0646. The molecule has 0 saturated carbocycles. The molecule has 2 heterocycles. The number of fused-ring (bicyclic) bond motifs is 1. The van der Waals surface area contributed by atoms with Gasteiger partial charge in [0, 0.05) is 19.0 Å². The van der Waals surface area contributed by atoms with Gasteiger partial charge in [0.15, 0.2) is 11.4 Å². The maximum absolute atomic E-state index is 14.1. The van der Waals surface area contributed by atoms with Gasteiger partial charge < -0.3 is 10.0 Å². The van der Waals surface area contributed by atoms with E-state index < -0.39 is 23.1 Å². The average Bonchev–Trinajstić information content (AvgIpc) is 2.73. The van der Waals surface area contributed by atoms with Crippen molar-refractivity contribution in [2.24, 2.45) is 0 Å². The van der Waals surface area contributed by atoms with Gasteiger partial charge in [0.05, 0.1) is 12.2 Å². The number of rotatable bonds is 4. The number of amides is 1. The first-order chi connectivity index (χ1) is 14.0. The number of hydrogen-bond acceptors (Lipinski definition) is 4. The Morgan fingerprint density at radius 2 is 1.86 bits per heavy atom. The van der Waals surface area contributed by atoms with E-state index in [4.69, 9.17) is 0 Å². The molecule has 0 radical (unpaired) electrons. The molecule has 1 amide bonds. The van der Waals surface area contributed by atoms with E-state index in [0.29, 0.717) is 13.1 Å². The lowest BCUT2D eigenvalue weighted by Gasteiger charge is -2.38. The molecule has 0 spiro atoms. The predicted octanol–water partition coefficient (Wildman–Crippen LogP) is 2.94. The molecule has 0 saturated heterocycles. The van der Waals surface area contributed by atoms with Crippen molar-refractivity contribution < 1.29 is 14.3 Å². The molecule has 2 unspecified atom stereocenters. The number of carbonyl (C=O) groups is 1. The van der Waals surface area contributed by atoms with Gasteiger partial charge >= 0.3 is 0 Å². The summed E-state index contributed by atoms with van der Waals surface area (Å²) < 4.78 is 15.5. The first-order valence-electron chi connectivity index (χ1n) is 9.41. The SMILES string of the molecule is CCN1CC(C(c2ccccc2)c2cccc(F)c2)n2ncc(=O)c(O)c2C1=O. The summed E-state index contributed by atoms with van der Waals surface area (Å²) in [6.45, 7) is 2.55. The quantitative estimate of drug-likeness (QED) is 0.740. The molecule has 1 N–H and O–H groups in total. The van der Waals surface area contributed by atoms with Gasteiger partial charge in [-0.3, -0.25) is 14.3 Å². The molecule has 2 atom stereocenters. The van der Waals surface area contributed by atoms with E-state index in [9.17, 15) is 19.1 Å². The van der Waals surface area contributed by atoms with Crippen molar-refractivity contribution in [3.05, 3.63) is 93.7 Å². The van der Waals surface area contributed by atoms with Crippen molar-refractivity contribution in [2.45, 2.75) is 18.9 Å². The first kappa shape index (κ1) is 18.9. The molecule has 6 nitrogen and oxygen atoms in total. The van der Waals surface area contributed by atoms with Crippen LogP contribution in [-0.2, 0) is 0 Å². The predicted molar refractivity (Wildman–Crippen MR) is 105 cm³/mol. The van der Waals surface area contributed by atoms with E-state index in [1.54, 1.807) is 11.0 Å². The van der Waals surface area contributed by atoms with Crippen LogP contribution in [-0.4, -0.2) is 38.8 Å². The maximum Gasteiger partial charge on any atom is 0.276 e. The molecule has 0 bridgehead atoms. The summed E-state index contributed by atoms with van der Waals surface area (Å²) in [6, 6.07) is 15.4. The monoisotopic (exact) mass is 393 g/mol. The topological polar surface area (TPSA) is 75.4 Å². The van der Waals surface area contributed by atoms with E-state index in [-0.39, 0.29) is 17.4 Å². The number of aromatic nitrogens is 2. The fraction of sp³-hybridized carbons (Fsp3) is 0.227. The van der Waals surface area contributed by atoms with E-state index in [1.165, 1.54) is 16.8 Å². The number of halogens is 1. The Kier molecular flexibility index (Phi) is 4.88. The molecule has 1 aliphatic heterocycles. The van der Waals surface area contributed by atoms with Gasteiger partial charge in [-0.1, -0.05) is 42.5 Å². The van der Waals surface area contributed by atoms with Crippen LogP contribution in [0.15, 0.2) is 65.6 Å². The lowest BCUT2D eigenvalue weighted by atomic mass is 9.83. The second-order valence-corrected chi connectivity index (χ2v) is 7.01. The number of hydrogen-bond donors (Lipinski definition) is 1. The van der Waals surface area contributed by atoms with Gasteiger partial charge in [0.2, 0.25) is 5.43 Å². The molecule has 148 valence electrons. The largest absolute Gasteiger partial charge is 0.502 e. The second kappa shape index (κ2) is 7.50. The van der Waals surface area contributed by atoms with Crippen molar-refractivity contribution in [1.82, 2.24) is 14.7 Å². The Balaban J connectivity index is 1.96. The summed E-state index contributed by atoms with van der Waals surface area (Å²) in [5.74, 6) is -1.77. The van der Waals surface area contributed by atoms with Crippen molar-refractivity contribution in [3.8, 4) is 5.75 Å². The van der Waals surface area contributed by atoms with Gasteiger partial charge in [-0.05, 0) is 30.2 Å². The normalized spacial score (nSPS) is 17.1. The fourth-order valence-electron chi connectivity index (χ4n) is 3.96. The smallest absolute Gasteiger partial charge is 0.276 e. The van der Waals surface area contributed by atoms with E-state index in [1.807, 2.05) is 43.3 Å². The number of nitrogens with zero attached hydrogens (tertiary/aromatic N) is 3. The highest BCUT2D eigenvalue weighted by Crippen LogP contribution is 2.39. The Labute approximate surface area is 166 Å². The Morgan fingerprint density at radius 3 is 2.55 bits per heavy atom. The summed E-state index contributed by atoms with van der Waals surface area (Å²) in [7, 11) is 0. The van der Waals surface area contributed by atoms with Crippen LogP contribution < -0.4 is 5.43 Å². The number of aromatic hydroxyl groups is 1. The molecule has 1 aliphatic rings. The lowest BCUT2D eigenvalue weighted by Crippen LogP contribution is -2.46. The van der Waals surface area contributed by atoms with E-state index in [0.717, 1.165) is 17.3 Å². The van der Waals surface area contributed by atoms with Crippen molar-refractivity contribution in [1.29, 1.82) is 0 Å². The Bertz CT molecular complexity index is 1110. The van der Waals surface area contributed by atoms with Crippen LogP contribution in [0.2, 0.25) is 0 Å². The fourth-order valence-corrected chi connectivity index (χ4v) is 3.96. The van der Waals surface area contributed by atoms with Crippen molar-refractivity contribution in [3.63, 3.8) is 0 Å². The van der Waals surface area contributed by atoms with Crippen LogP contribution >= 0.6 is 0 Å². The highest BCUT2D eigenvalue weighted by atomic mass is 19.1. The molecule has 3 aromatic rings. The summed E-state index contributed by atoms with van der Waals surface area (Å²) in [5.41, 5.74) is 0.799. The van der Waals surface area contributed by atoms with Gasteiger partial charge in [-0.2, -0.15) is 5.10 Å². The number of likely N-dealkylation sites (N-methyl/N-ethyl adjacent to an activating group) is 1. The summed E-state index contributed by atoms with van der Waals surface area (Å²) in [5, 5.41) is 14.5. The third-order valence-electron chi connectivity index (χ3n) is 5.33. The van der Waals surface area contributed by atoms with Crippen LogP contribution in [0, 0.1) is 5.82 Å². The standard InChI is InChI=1S/C22H20FN3O3/c1-2-25-13-17(26-20(22(25)29)21(28)18(27)12-24-26)19(14-7-4-3-5-8-14)15-9-6-10-16(23)11-15/h3-12,17,19,28H,2,13H2,1H3. The van der Waals surface area contributed by atoms with Gasteiger partial charge in [0.25, 0.3) is 5.91 Å². The molecule has 0 fully saturated rings. The van der Waals surface area contributed by atoms with Crippen molar-refractivity contribution in [2.75, 3.05) is 13.1 Å². The molecule has 2 aromatic carbocycles. The minimum atomic E-state index is -0.705. The number of carbonyl (C=O) groups excluding carboxylic acids is 1.